The number of phenols is 2. The van der Waals surface area contributed by atoms with E-state index in [9.17, 15) is 19.8 Å². The zero-order chi connectivity index (χ0) is 31.5. The van der Waals surface area contributed by atoms with Gasteiger partial charge >= 0.3 is 0 Å². The number of hydrogen-bond donors (Lipinski definition) is 6. The second-order valence-corrected chi connectivity index (χ2v) is 10.8. The number of nitrogens with one attached hydrogen (secondary N) is 1. The van der Waals surface area contributed by atoms with Crippen molar-refractivity contribution in [3.63, 3.8) is 0 Å². The van der Waals surface area contributed by atoms with Gasteiger partial charge in [0.15, 0.2) is 23.0 Å². The molecule has 0 spiro atoms. The molecule has 1 unspecified atom stereocenters. The molecule has 1 atom stereocenters. The molecule has 0 amide bonds. The van der Waals surface area contributed by atoms with Crippen LogP contribution in [-0.2, 0) is 0 Å². The van der Waals surface area contributed by atoms with E-state index in [0.29, 0.717) is 11.5 Å². The summed E-state index contributed by atoms with van der Waals surface area (Å²) in [4.78, 5) is 27.4. The van der Waals surface area contributed by atoms with Crippen LogP contribution in [0.1, 0.15) is 83.0 Å². The van der Waals surface area contributed by atoms with Crippen molar-refractivity contribution < 1.29 is 29.3 Å². The molecule has 9 N–H and O–H groups in total. The molecule has 4 aromatic carbocycles. The fourth-order valence-electron chi connectivity index (χ4n) is 5.24. The van der Waals surface area contributed by atoms with Crippen molar-refractivity contribution in [2.45, 2.75) is 45.6 Å². The highest BCUT2D eigenvalue weighted by atomic mass is 16.5. The molecule has 1 aliphatic carbocycles. The average Bonchev–Trinajstić information content (AvgIpc) is 3.00. The summed E-state index contributed by atoms with van der Waals surface area (Å²) in [5.74, 6) is -2.18. The number of ether oxygens (including phenoxy) is 2. The molecular formula is C34H36N4O6. The molecule has 10 heteroatoms. The first-order chi connectivity index (χ1) is 21.1. The third-order valence-electron chi connectivity index (χ3n) is 7.58. The molecule has 0 saturated heterocycles. The highest BCUT2D eigenvalue weighted by molar-refractivity contribution is 6.33. The summed E-state index contributed by atoms with van der Waals surface area (Å²) in [6, 6.07) is 16.5. The number of nitrogen functional groups attached to an aromatic ring is 2. The minimum atomic E-state index is -0.785. The van der Waals surface area contributed by atoms with Gasteiger partial charge in [-0.3, -0.25) is 9.59 Å². The van der Waals surface area contributed by atoms with Gasteiger partial charge in [-0.2, -0.15) is 0 Å². The van der Waals surface area contributed by atoms with Crippen molar-refractivity contribution in [1.29, 1.82) is 0 Å². The monoisotopic (exact) mass is 596 g/mol. The van der Waals surface area contributed by atoms with Gasteiger partial charge in [0, 0.05) is 41.8 Å². The Hall–Kier alpha value is -5.22. The van der Waals surface area contributed by atoms with Gasteiger partial charge in [0.05, 0.1) is 22.3 Å². The summed E-state index contributed by atoms with van der Waals surface area (Å²) in [5, 5.41) is 25.6. The number of unbranched alkanes of at least 4 members (excludes halogenated alkanes) is 1. The van der Waals surface area contributed by atoms with Gasteiger partial charge in [0.25, 0.3) is 0 Å². The fraction of sp³-hybridized carbons (Fsp3) is 0.235. The maximum absolute atomic E-state index is 13.7. The first-order valence-corrected chi connectivity index (χ1v) is 14.6. The van der Waals surface area contributed by atoms with Gasteiger partial charge in [0.2, 0.25) is 11.6 Å². The maximum Gasteiger partial charge on any atom is 0.200 e. The number of rotatable bonds is 11. The molecule has 0 radical (unpaired) electrons. The first kappa shape index (κ1) is 30.2. The molecule has 1 aliphatic rings. The molecule has 5 rings (SSSR count). The molecule has 44 heavy (non-hydrogen) atoms. The number of aromatic hydroxyl groups is 2. The molecule has 0 aliphatic heterocycles. The Balaban J connectivity index is 1.45. The van der Waals surface area contributed by atoms with Crippen molar-refractivity contribution in [2.24, 2.45) is 5.73 Å². The molecule has 0 saturated carbocycles. The van der Waals surface area contributed by atoms with Gasteiger partial charge in [-0.1, -0.05) is 38.8 Å². The number of benzene rings is 4. The van der Waals surface area contributed by atoms with Gasteiger partial charge in [-0.05, 0) is 54.8 Å². The van der Waals surface area contributed by atoms with Crippen LogP contribution in [0.4, 0.5) is 17.1 Å². The van der Waals surface area contributed by atoms with E-state index in [1.54, 1.807) is 24.3 Å². The number of anilines is 3. The largest absolute Gasteiger partial charge is 0.504 e. The Morgan fingerprint density at radius 2 is 1.20 bits per heavy atom. The number of carbonyl (C=O) groups excluding carboxylic acids is 2. The maximum atomic E-state index is 13.7. The van der Waals surface area contributed by atoms with Crippen molar-refractivity contribution in [3.8, 4) is 34.5 Å². The molecule has 0 heterocycles. The van der Waals surface area contributed by atoms with E-state index in [-0.39, 0.29) is 51.2 Å². The lowest BCUT2D eigenvalue weighted by atomic mass is 9.81. The molecular weight excluding hydrogens is 560 g/mol. The van der Waals surface area contributed by atoms with Crippen LogP contribution in [0.25, 0.3) is 0 Å². The van der Waals surface area contributed by atoms with Gasteiger partial charge < -0.3 is 42.2 Å². The van der Waals surface area contributed by atoms with E-state index in [4.69, 9.17) is 26.7 Å². The van der Waals surface area contributed by atoms with Crippen LogP contribution in [-0.4, -0.2) is 28.3 Å². The smallest absolute Gasteiger partial charge is 0.200 e. The first-order valence-electron chi connectivity index (χ1n) is 14.6. The number of hydrogen-bond acceptors (Lipinski definition) is 10. The van der Waals surface area contributed by atoms with E-state index in [2.05, 4.69) is 19.2 Å². The highest BCUT2D eigenvalue weighted by Crippen LogP contribution is 2.48. The summed E-state index contributed by atoms with van der Waals surface area (Å²) in [5.41, 5.74) is 19.1. The molecule has 0 bridgehead atoms. The zero-order valence-corrected chi connectivity index (χ0v) is 24.6. The summed E-state index contributed by atoms with van der Waals surface area (Å²) >= 11 is 0. The molecule has 0 fully saturated rings. The molecule has 10 nitrogen and oxygen atoms in total. The van der Waals surface area contributed by atoms with E-state index in [1.807, 2.05) is 24.3 Å². The number of fused-ring (bicyclic) bond motifs is 2. The van der Waals surface area contributed by atoms with Gasteiger partial charge in [-0.25, -0.2) is 0 Å². The lowest BCUT2D eigenvalue weighted by Gasteiger charge is -2.24. The van der Waals surface area contributed by atoms with Crippen molar-refractivity contribution in [1.82, 2.24) is 0 Å². The average molecular weight is 597 g/mol. The molecule has 4 aromatic rings. The number of nitrogens with two attached hydrogens (primary N) is 3. The van der Waals surface area contributed by atoms with Crippen LogP contribution < -0.4 is 32.0 Å². The van der Waals surface area contributed by atoms with E-state index in [1.165, 1.54) is 12.1 Å². The lowest BCUT2D eigenvalue weighted by Crippen LogP contribution is -2.24. The Morgan fingerprint density at radius 1 is 0.727 bits per heavy atom. The molecule has 228 valence electrons. The quantitative estimate of drug-likeness (QED) is 0.0549. The summed E-state index contributed by atoms with van der Waals surface area (Å²) in [6.07, 6.45) is 3.88. The standard InChI is InChI=1S/C34H36N4O6/c1-3-5-15-38-19-9-13-21(14-10-19)44-26-17-24(37)28-30(32(26)40)34(42)27-23(36)16-25(31(39)29(27)33(28)41)43-20-11-7-18(8-12-20)22(35)6-4-2/h7-14,16-17,22,38-40H,3-6,15,35-37H2,1-2H3. The Kier molecular flexibility index (Phi) is 8.64. The second-order valence-electron chi connectivity index (χ2n) is 10.8. The minimum absolute atomic E-state index is 0.109. The van der Waals surface area contributed by atoms with Crippen LogP contribution in [0.5, 0.6) is 34.5 Å². The van der Waals surface area contributed by atoms with Crippen molar-refractivity contribution in [3.05, 3.63) is 88.5 Å². The normalized spacial score (nSPS) is 12.8. The molecule has 0 aromatic heterocycles. The van der Waals surface area contributed by atoms with Crippen LogP contribution in [0, 0.1) is 0 Å². The van der Waals surface area contributed by atoms with Crippen LogP contribution in [0.2, 0.25) is 0 Å². The second kappa shape index (κ2) is 12.6. The van der Waals surface area contributed by atoms with Crippen LogP contribution >= 0.6 is 0 Å². The van der Waals surface area contributed by atoms with E-state index < -0.39 is 23.1 Å². The number of ketones is 2. The predicted octanol–water partition coefficient (Wildman–Crippen LogP) is 6.63. The van der Waals surface area contributed by atoms with Crippen LogP contribution in [0.15, 0.2) is 60.7 Å². The zero-order valence-electron chi connectivity index (χ0n) is 24.6. The SMILES string of the molecule is CCCCNc1ccc(Oc2cc(N)c3c(c2O)C(=O)c2c(N)cc(Oc4ccc(C(N)CCC)cc4)c(O)c2C3=O)cc1. The van der Waals surface area contributed by atoms with Crippen LogP contribution in [0.3, 0.4) is 0 Å². The predicted molar refractivity (Wildman–Crippen MR) is 170 cm³/mol. The summed E-state index contributed by atoms with van der Waals surface area (Å²) < 4.78 is 11.7. The Labute approximate surface area is 255 Å². The van der Waals surface area contributed by atoms with Gasteiger partial charge in [-0.15, -0.1) is 0 Å². The van der Waals surface area contributed by atoms with Crippen molar-refractivity contribution >= 4 is 28.6 Å². The number of carbonyl (C=O) groups is 2. The lowest BCUT2D eigenvalue weighted by molar-refractivity contribution is 0.0974. The van der Waals surface area contributed by atoms with E-state index in [0.717, 1.165) is 43.5 Å². The van der Waals surface area contributed by atoms with Gasteiger partial charge in [0.1, 0.15) is 11.5 Å². The summed E-state index contributed by atoms with van der Waals surface area (Å²) in [7, 11) is 0. The highest BCUT2D eigenvalue weighted by Gasteiger charge is 2.40. The Morgan fingerprint density at radius 3 is 1.66 bits per heavy atom. The Bertz CT molecular complexity index is 1720. The van der Waals surface area contributed by atoms with Crippen molar-refractivity contribution in [2.75, 3.05) is 23.3 Å². The van der Waals surface area contributed by atoms with E-state index >= 15 is 0 Å². The third-order valence-corrected chi connectivity index (χ3v) is 7.58. The minimum Gasteiger partial charge on any atom is -0.504 e. The number of phenolic OH excluding ortho intramolecular Hbond substituents is 2. The fourth-order valence-corrected chi connectivity index (χ4v) is 5.24. The third kappa shape index (κ3) is 5.71. The topological polar surface area (TPSA) is 183 Å². The summed E-state index contributed by atoms with van der Waals surface area (Å²) in [6.45, 7) is 5.00.